The van der Waals surface area contributed by atoms with Crippen molar-refractivity contribution in [3.8, 4) is 17.1 Å². The van der Waals surface area contributed by atoms with Crippen molar-refractivity contribution in [1.29, 1.82) is 0 Å². The molecule has 0 saturated heterocycles. The molecular weight excluding hydrogens is 544 g/mol. The van der Waals surface area contributed by atoms with Gasteiger partial charge in [-0.1, -0.05) is 35.3 Å². The summed E-state index contributed by atoms with van der Waals surface area (Å²) in [6, 6.07) is 5.18. The highest BCUT2D eigenvalue weighted by molar-refractivity contribution is 6.32. The fraction of sp³-hybridized carbons (Fsp3) is 0.286. The summed E-state index contributed by atoms with van der Waals surface area (Å²) in [5.74, 6) is -0.485. The van der Waals surface area contributed by atoms with Gasteiger partial charge in [-0.25, -0.2) is 9.37 Å². The van der Waals surface area contributed by atoms with Crippen LogP contribution in [0.2, 0.25) is 5.02 Å². The van der Waals surface area contributed by atoms with Gasteiger partial charge >= 0.3 is 0 Å². The normalized spacial score (nSPS) is 16.9. The molecule has 2 aliphatic rings. The first-order valence-corrected chi connectivity index (χ1v) is 13.0. The van der Waals surface area contributed by atoms with Crippen molar-refractivity contribution in [3.05, 3.63) is 81.0 Å². The molecule has 11 heteroatoms. The van der Waals surface area contributed by atoms with E-state index in [0.29, 0.717) is 44.9 Å². The Morgan fingerprint density at radius 2 is 1.90 bits per heavy atom. The molecule has 1 aliphatic heterocycles. The number of methoxy groups -OCH3 is 1. The summed E-state index contributed by atoms with van der Waals surface area (Å²) in [7, 11) is 5.17. The minimum absolute atomic E-state index is 0.0448. The Labute approximate surface area is 235 Å². The molecule has 0 radical (unpaired) electrons. The van der Waals surface area contributed by atoms with Crippen molar-refractivity contribution < 1.29 is 18.7 Å². The van der Waals surface area contributed by atoms with E-state index in [4.69, 9.17) is 27.9 Å². The molecule has 1 atom stereocenters. The number of fused-ring (bicyclic) bond motifs is 1. The van der Waals surface area contributed by atoms with Crippen LogP contribution >= 0.6 is 23.2 Å². The fourth-order valence-corrected chi connectivity index (χ4v) is 5.33. The van der Waals surface area contributed by atoms with Crippen LogP contribution in [0.1, 0.15) is 54.0 Å². The number of anilines is 1. The van der Waals surface area contributed by atoms with Crippen molar-refractivity contribution in [2.24, 2.45) is 0 Å². The monoisotopic (exact) mass is 569 g/mol. The van der Waals surface area contributed by atoms with Gasteiger partial charge in [0.15, 0.2) is 5.78 Å². The second kappa shape index (κ2) is 10.1. The van der Waals surface area contributed by atoms with Gasteiger partial charge in [0.1, 0.15) is 11.9 Å². The first kappa shape index (κ1) is 26.9. The highest BCUT2D eigenvalue weighted by Crippen LogP contribution is 2.47. The molecule has 3 heterocycles. The predicted molar refractivity (Wildman–Crippen MR) is 148 cm³/mol. The van der Waals surface area contributed by atoms with Crippen LogP contribution in [0.5, 0.6) is 5.88 Å². The third kappa shape index (κ3) is 4.49. The van der Waals surface area contributed by atoms with Gasteiger partial charge in [-0.2, -0.15) is 4.98 Å². The Morgan fingerprint density at radius 3 is 2.54 bits per heavy atom. The van der Waals surface area contributed by atoms with Gasteiger partial charge in [0.05, 0.1) is 40.3 Å². The number of rotatable bonds is 6. The van der Waals surface area contributed by atoms with Gasteiger partial charge in [-0.05, 0) is 43.7 Å². The molecule has 0 bridgehead atoms. The zero-order valence-electron chi connectivity index (χ0n) is 22.0. The zero-order chi connectivity index (χ0) is 28.2. The second-order valence-electron chi connectivity index (χ2n) is 9.78. The number of ketones is 1. The number of Topliss-reactive ketones (excluding diaryl/α,β-unsaturated/α-hetero) is 1. The third-order valence-corrected chi connectivity index (χ3v) is 7.30. The topological polar surface area (TPSA) is 80.6 Å². The molecule has 2 aromatic heterocycles. The first-order chi connectivity index (χ1) is 18.5. The molecule has 0 spiro atoms. The van der Waals surface area contributed by atoms with E-state index in [1.165, 1.54) is 30.2 Å². The fourth-order valence-electron chi connectivity index (χ4n) is 5.03. The molecule has 3 aromatic rings. The van der Waals surface area contributed by atoms with E-state index in [-0.39, 0.29) is 29.0 Å². The number of nitrogens with zero attached hydrogens (tertiary/aromatic N) is 5. The van der Waals surface area contributed by atoms with Crippen LogP contribution in [-0.2, 0) is 4.79 Å². The van der Waals surface area contributed by atoms with Crippen molar-refractivity contribution >= 4 is 40.8 Å². The lowest BCUT2D eigenvalue weighted by molar-refractivity contribution is -0.116. The van der Waals surface area contributed by atoms with Crippen molar-refractivity contribution in [2.45, 2.75) is 32.4 Å². The molecular formula is C28H26Cl2FN5O3. The van der Waals surface area contributed by atoms with Crippen LogP contribution in [-0.4, -0.2) is 52.3 Å². The van der Waals surface area contributed by atoms with E-state index in [0.717, 1.165) is 0 Å². The summed E-state index contributed by atoms with van der Waals surface area (Å²) < 4.78 is 22.3. The largest absolute Gasteiger partial charge is 0.480 e. The third-order valence-electron chi connectivity index (χ3n) is 6.73. The molecule has 39 heavy (non-hydrogen) atoms. The lowest BCUT2D eigenvalue weighted by Crippen LogP contribution is -2.33. The smallest absolute Gasteiger partial charge is 0.261 e. The van der Waals surface area contributed by atoms with Crippen molar-refractivity contribution in [1.82, 2.24) is 19.4 Å². The van der Waals surface area contributed by atoms with E-state index in [2.05, 4.69) is 9.97 Å². The van der Waals surface area contributed by atoms with Crippen LogP contribution in [0.3, 0.4) is 0 Å². The van der Waals surface area contributed by atoms with Gasteiger partial charge in [0.25, 0.3) is 5.91 Å². The molecule has 0 N–H and O–H groups in total. The summed E-state index contributed by atoms with van der Waals surface area (Å²) in [4.78, 5) is 39.2. The number of halogens is 3. The summed E-state index contributed by atoms with van der Waals surface area (Å²) in [5, 5.41) is 0.307. The predicted octanol–water partition coefficient (Wildman–Crippen LogP) is 5.92. The van der Waals surface area contributed by atoms with Gasteiger partial charge in [-0.3, -0.25) is 14.5 Å². The maximum atomic E-state index is 14.8. The molecule has 1 aliphatic carbocycles. The van der Waals surface area contributed by atoms with Gasteiger partial charge < -0.3 is 14.2 Å². The molecule has 1 aromatic carbocycles. The van der Waals surface area contributed by atoms with Crippen LogP contribution < -0.4 is 9.64 Å². The number of amides is 1. The van der Waals surface area contributed by atoms with Crippen LogP contribution in [0.15, 0.2) is 53.3 Å². The quantitative estimate of drug-likeness (QED) is 0.366. The lowest BCUT2D eigenvalue weighted by atomic mass is 10.0. The SMILES string of the molecule is COc1nc(N(C)C)ncc1-c1cc2c(n1C(C)C)C(c1ccc(Cl)c(F)c1)N(C1=CC(Cl)=CCC1=O)C2=O. The number of carbonyl (C=O) groups is 2. The Kier molecular flexibility index (Phi) is 6.99. The highest BCUT2D eigenvalue weighted by Gasteiger charge is 2.46. The molecule has 1 amide bonds. The maximum absolute atomic E-state index is 14.8. The molecule has 0 saturated carbocycles. The number of carbonyl (C=O) groups excluding carboxylic acids is 2. The van der Waals surface area contributed by atoms with Crippen molar-refractivity contribution in [2.75, 3.05) is 26.1 Å². The maximum Gasteiger partial charge on any atom is 0.261 e. The zero-order valence-corrected chi connectivity index (χ0v) is 23.5. The molecule has 8 nitrogen and oxygen atoms in total. The number of hydrogen-bond donors (Lipinski definition) is 0. The molecule has 1 unspecified atom stereocenters. The number of aromatic nitrogens is 3. The van der Waals surface area contributed by atoms with Crippen LogP contribution in [0.4, 0.5) is 10.3 Å². The average molecular weight is 570 g/mol. The standard InChI is InChI=1S/C28H26Cl2FN5O3/c1-14(2)35-21(18-13-32-28(34(3)4)33-26(18)39-5)12-17-25(35)24(15-6-8-19(30)20(31)10-15)36(27(17)38)22-11-16(29)7-9-23(22)37/h6-8,10-14,24H,9H2,1-5H3. The molecule has 5 rings (SSSR count). The Bertz CT molecular complexity index is 1580. The number of allylic oxidation sites excluding steroid dienone is 4. The number of ether oxygens (including phenoxy) is 1. The Balaban J connectivity index is 1.78. The summed E-state index contributed by atoms with van der Waals surface area (Å²) in [6.45, 7) is 3.95. The summed E-state index contributed by atoms with van der Waals surface area (Å²) >= 11 is 12.3. The number of benzene rings is 1. The van der Waals surface area contributed by atoms with E-state index >= 15 is 0 Å². The molecule has 0 fully saturated rings. The average Bonchev–Trinajstić information content (AvgIpc) is 3.41. The first-order valence-electron chi connectivity index (χ1n) is 12.3. The lowest BCUT2D eigenvalue weighted by Gasteiger charge is -2.31. The summed E-state index contributed by atoms with van der Waals surface area (Å²) in [5.41, 5.74) is 2.83. The Hall–Kier alpha value is -3.69. The van der Waals surface area contributed by atoms with E-state index in [1.54, 1.807) is 29.3 Å². The molecule has 202 valence electrons. The van der Waals surface area contributed by atoms with Gasteiger partial charge in [0, 0.05) is 37.8 Å². The Morgan fingerprint density at radius 1 is 1.15 bits per heavy atom. The van der Waals surface area contributed by atoms with Gasteiger partial charge in [0.2, 0.25) is 11.8 Å². The van der Waals surface area contributed by atoms with Crippen LogP contribution in [0, 0.1) is 5.82 Å². The van der Waals surface area contributed by atoms with E-state index in [9.17, 15) is 14.0 Å². The minimum atomic E-state index is -0.818. The second-order valence-corrected chi connectivity index (χ2v) is 10.6. The summed E-state index contributed by atoms with van der Waals surface area (Å²) in [6.07, 6.45) is 4.78. The van der Waals surface area contributed by atoms with Gasteiger partial charge in [-0.15, -0.1) is 0 Å². The highest BCUT2D eigenvalue weighted by atomic mass is 35.5. The minimum Gasteiger partial charge on any atom is -0.480 e. The van der Waals surface area contributed by atoms with E-state index in [1.807, 2.05) is 32.5 Å². The number of hydrogen-bond acceptors (Lipinski definition) is 6. The van der Waals surface area contributed by atoms with E-state index < -0.39 is 17.8 Å². The van der Waals surface area contributed by atoms with Crippen molar-refractivity contribution in [3.63, 3.8) is 0 Å². The van der Waals surface area contributed by atoms with Crippen LogP contribution in [0.25, 0.3) is 11.3 Å².